The van der Waals surface area contributed by atoms with Crippen molar-refractivity contribution >= 4 is 17.4 Å². The van der Waals surface area contributed by atoms with E-state index in [0.29, 0.717) is 23.9 Å². The van der Waals surface area contributed by atoms with Crippen LogP contribution in [0.5, 0.6) is 5.75 Å². The number of piperidine rings is 1. The molecule has 0 aliphatic carbocycles. The minimum Gasteiger partial charge on any atom is -0.495 e. The second kappa shape index (κ2) is 8.53. The van der Waals surface area contributed by atoms with Gasteiger partial charge in [0.2, 0.25) is 0 Å². The molecule has 1 saturated heterocycles. The number of hydrogen-bond donors (Lipinski definition) is 0. The van der Waals surface area contributed by atoms with Crippen molar-refractivity contribution in [3.63, 3.8) is 0 Å². The SMILES string of the molecule is COc1cccc(CN2CCCC(N(C)c3cc(C(F)(F)F)ncn3)C2)c1Cl. The van der Waals surface area contributed by atoms with Gasteiger partial charge >= 0.3 is 6.18 Å². The predicted molar refractivity (Wildman–Crippen MR) is 102 cm³/mol. The average Bonchev–Trinajstić information content (AvgIpc) is 2.69. The van der Waals surface area contributed by atoms with E-state index in [9.17, 15) is 13.2 Å². The molecular weight excluding hydrogens is 393 g/mol. The summed E-state index contributed by atoms with van der Waals surface area (Å²) in [6.07, 6.45) is -1.70. The van der Waals surface area contributed by atoms with E-state index in [1.807, 2.05) is 18.2 Å². The summed E-state index contributed by atoms with van der Waals surface area (Å²) in [5.74, 6) is 0.902. The minimum absolute atomic E-state index is 0.0501. The molecule has 1 aromatic heterocycles. The standard InChI is InChI=1S/C19H22ClF3N4O/c1-26(17-9-16(19(21,22)23)24-12-25-17)14-6-4-8-27(11-14)10-13-5-3-7-15(28-2)18(13)20/h3,5,7,9,12,14H,4,6,8,10-11H2,1-2H3. The molecule has 0 N–H and O–H groups in total. The number of rotatable bonds is 5. The molecule has 1 atom stereocenters. The summed E-state index contributed by atoms with van der Waals surface area (Å²) in [6, 6.07) is 6.71. The molecule has 28 heavy (non-hydrogen) atoms. The number of benzene rings is 1. The second-order valence-corrected chi connectivity index (χ2v) is 7.21. The number of hydrogen-bond acceptors (Lipinski definition) is 5. The molecule has 1 aliphatic heterocycles. The van der Waals surface area contributed by atoms with Gasteiger partial charge in [0, 0.05) is 32.2 Å². The van der Waals surface area contributed by atoms with Gasteiger partial charge < -0.3 is 9.64 Å². The predicted octanol–water partition coefficient (Wildman–Crippen LogP) is 4.26. The van der Waals surface area contributed by atoms with Gasteiger partial charge in [0.25, 0.3) is 0 Å². The third-order valence-corrected chi connectivity index (χ3v) is 5.42. The molecular formula is C19H22ClF3N4O. The van der Waals surface area contributed by atoms with Crippen LogP contribution in [0.15, 0.2) is 30.6 Å². The van der Waals surface area contributed by atoms with Gasteiger partial charge in [-0.1, -0.05) is 23.7 Å². The van der Waals surface area contributed by atoms with Gasteiger partial charge in [-0.05, 0) is 31.0 Å². The molecule has 2 aromatic rings. The molecule has 1 aliphatic rings. The first-order chi connectivity index (χ1) is 13.3. The topological polar surface area (TPSA) is 41.5 Å². The largest absolute Gasteiger partial charge is 0.495 e. The summed E-state index contributed by atoms with van der Waals surface area (Å²) in [7, 11) is 3.35. The van der Waals surface area contributed by atoms with Gasteiger partial charge in [-0.15, -0.1) is 0 Å². The van der Waals surface area contributed by atoms with E-state index in [4.69, 9.17) is 16.3 Å². The number of likely N-dealkylation sites (tertiary alicyclic amines) is 1. The smallest absolute Gasteiger partial charge is 0.433 e. The lowest BCUT2D eigenvalue weighted by Gasteiger charge is -2.38. The van der Waals surface area contributed by atoms with Crippen LogP contribution < -0.4 is 9.64 Å². The number of halogens is 4. The fourth-order valence-electron chi connectivity index (χ4n) is 3.45. The molecule has 0 saturated carbocycles. The van der Waals surface area contributed by atoms with Crippen LogP contribution in [-0.2, 0) is 12.7 Å². The molecule has 2 heterocycles. The minimum atomic E-state index is -4.49. The van der Waals surface area contributed by atoms with Crippen LogP contribution in [0.4, 0.5) is 19.0 Å². The van der Waals surface area contributed by atoms with Gasteiger partial charge in [-0.25, -0.2) is 9.97 Å². The van der Waals surface area contributed by atoms with E-state index in [1.54, 1.807) is 19.1 Å². The van der Waals surface area contributed by atoms with Crippen LogP contribution in [0.3, 0.4) is 0 Å². The van der Waals surface area contributed by atoms with E-state index in [2.05, 4.69) is 14.9 Å². The van der Waals surface area contributed by atoms with Gasteiger partial charge in [0.05, 0.1) is 12.1 Å². The van der Waals surface area contributed by atoms with Crippen molar-refractivity contribution in [1.29, 1.82) is 0 Å². The molecule has 0 spiro atoms. The monoisotopic (exact) mass is 414 g/mol. The Hall–Kier alpha value is -2.06. The summed E-state index contributed by atoms with van der Waals surface area (Å²) in [5, 5.41) is 0.589. The summed E-state index contributed by atoms with van der Waals surface area (Å²) >= 11 is 6.40. The highest BCUT2D eigenvalue weighted by molar-refractivity contribution is 6.32. The van der Waals surface area contributed by atoms with Crippen LogP contribution in [0.2, 0.25) is 5.02 Å². The first-order valence-electron chi connectivity index (χ1n) is 8.95. The summed E-state index contributed by atoms with van der Waals surface area (Å²) < 4.78 is 44.1. The zero-order valence-electron chi connectivity index (χ0n) is 15.7. The van der Waals surface area contributed by atoms with Crippen molar-refractivity contribution in [1.82, 2.24) is 14.9 Å². The zero-order valence-corrected chi connectivity index (χ0v) is 16.5. The Morgan fingerprint density at radius 3 is 2.82 bits per heavy atom. The zero-order chi connectivity index (χ0) is 20.3. The molecule has 1 fully saturated rings. The molecule has 1 aromatic carbocycles. The number of ether oxygens (including phenoxy) is 1. The molecule has 0 radical (unpaired) electrons. The maximum Gasteiger partial charge on any atom is 0.433 e. The van der Waals surface area contributed by atoms with Gasteiger partial charge in [-0.3, -0.25) is 4.90 Å². The molecule has 9 heteroatoms. The Balaban J connectivity index is 1.71. The number of alkyl halides is 3. The lowest BCUT2D eigenvalue weighted by Crippen LogP contribution is -2.46. The van der Waals surface area contributed by atoms with Crippen LogP contribution in [0.25, 0.3) is 0 Å². The van der Waals surface area contributed by atoms with Crippen LogP contribution in [-0.4, -0.2) is 48.2 Å². The molecule has 0 amide bonds. The molecule has 152 valence electrons. The van der Waals surface area contributed by atoms with Crippen molar-refractivity contribution in [2.75, 3.05) is 32.1 Å². The Labute approximate surface area is 167 Å². The first kappa shape index (κ1) is 20.7. The van der Waals surface area contributed by atoms with Gasteiger partial charge in [0.15, 0.2) is 0 Å². The fraction of sp³-hybridized carbons (Fsp3) is 0.474. The number of likely N-dealkylation sites (N-methyl/N-ethyl adjacent to an activating group) is 1. The van der Waals surface area contributed by atoms with Crippen LogP contribution in [0, 0.1) is 0 Å². The number of methoxy groups -OCH3 is 1. The Morgan fingerprint density at radius 2 is 2.11 bits per heavy atom. The van der Waals surface area contributed by atoms with Gasteiger partial charge in [0.1, 0.15) is 23.6 Å². The maximum atomic E-state index is 12.9. The second-order valence-electron chi connectivity index (χ2n) is 6.83. The van der Waals surface area contributed by atoms with E-state index >= 15 is 0 Å². The summed E-state index contributed by atoms with van der Waals surface area (Å²) in [6.45, 7) is 2.25. The maximum absolute atomic E-state index is 12.9. The lowest BCUT2D eigenvalue weighted by molar-refractivity contribution is -0.141. The van der Waals surface area contributed by atoms with Crippen LogP contribution >= 0.6 is 11.6 Å². The molecule has 1 unspecified atom stereocenters. The number of aromatic nitrogens is 2. The highest BCUT2D eigenvalue weighted by Gasteiger charge is 2.34. The Kier molecular flexibility index (Phi) is 6.30. The molecule has 5 nitrogen and oxygen atoms in total. The van der Waals surface area contributed by atoms with Gasteiger partial charge in [-0.2, -0.15) is 13.2 Å². The van der Waals surface area contributed by atoms with Crippen molar-refractivity contribution in [2.45, 2.75) is 31.6 Å². The van der Waals surface area contributed by atoms with E-state index in [-0.39, 0.29) is 11.9 Å². The van der Waals surface area contributed by atoms with Crippen molar-refractivity contribution < 1.29 is 17.9 Å². The third-order valence-electron chi connectivity index (χ3n) is 4.99. The molecule has 0 bridgehead atoms. The summed E-state index contributed by atoms with van der Waals surface area (Å²) in [4.78, 5) is 11.4. The van der Waals surface area contributed by atoms with Crippen LogP contribution in [0.1, 0.15) is 24.1 Å². The quantitative estimate of drug-likeness (QED) is 0.731. The average molecular weight is 415 g/mol. The Bertz CT molecular complexity index is 818. The fourth-order valence-corrected chi connectivity index (χ4v) is 3.71. The third kappa shape index (κ3) is 4.67. The summed E-state index contributed by atoms with van der Waals surface area (Å²) in [5.41, 5.74) is 0.0332. The Morgan fingerprint density at radius 1 is 1.32 bits per heavy atom. The van der Waals surface area contributed by atoms with Crippen molar-refractivity contribution in [2.24, 2.45) is 0 Å². The molecule has 3 rings (SSSR count). The van der Waals surface area contributed by atoms with E-state index in [0.717, 1.165) is 37.3 Å². The normalized spacial score (nSPS) is 18.1. The first-order valence-corrected chi connectivity index (χ1v) is 9.33. The van der Waals surface area contributed by atoms with E-state index < -0.39 is 11.9 Å². The number of nitrogens with zero attached hydrogens (tertiary/aromatic N) is 4. The van der Waals surface area contributed by atoms with Crippen molar-refractivity contribution in [3.8, 4) is 5.75 Å². The van der Waals surface area contributed by atoms with Crippen molar-refractivity contribution in [3.05, 3.63) is 46.9 Å². The number of anilines is 1. The highest BCUT2D eigenvalue weighted by Crippen LogP contribution is 2.31. The highest BCUT2D eigenvalue weighted by atomic mass is 35.5. The van der Waals surface area contributed by atoms with E-state index in [1.165, 1.54) is 0 Å². The lowest BCUT2D eigenvalue weighted by atomic mass is 10.0.